The molecule has 2 fully saturated rings. The summed E-state index contributed by atoms with van der Waals surface area (Å²) in [5, 5.41) is 6.55. The highest BCUT2D eigenvalue weighted by Crippen LogP contribution is 2.21. The predicted octanol–water partition coefficient (Wildman–Crippen LogP) is 0.599. The van der Waals surface area contributed by atoms with Crippen LogP contribution in [0.5, 0.6) is 0 Å². The molecule has 0 radical (unpaired) electrons. The molecule has 2 heterocycles. The Morgan fingerprint density at radius 3 is 2.45 bits per heavy atom. The van der Waals surface area contributed by atoms with Crippen LogP contribution in [0.2, 0.25) is 0 Å². The van der Waals surface area contributed by atoms with E-state index in [0.29, 0.717) is 32.6 Å². The highest BCUT2D eigenvalue weighted by atomic mass is 32.2. The molecule has 2 aliphatic heterocycles. The van der Waals surface area contributed by atoms with Crippen molar-refractivity contribution in [3.63, 3.8) is 0 Å². The minimum absolute atomic E-state index is 0.195. The molecule has 0 atom stereocenters. The topological polar surface area (TPSA) is 94.1 Å². The van der Waals surface area contributed by atoms with Gasteiger partial charge in [0.05, 0.1) is 18.1 Å². The minimum atomic E-state index is -2.84. The summed E-state index contributed by atoms with van der Waals surface area (Å²) in [5.41, 5.74) is 2.03. The fraction of sp³-hybridized carbons (Fsp3) is 0.600. The highest BCUT2D eigenvalue weighted by molar-refractivity contribution is 7.91. The second kappa shape index (κ2) is 10.1. The number of carbonyl (C=O) groups excluding carboxylic acids is 1. The van der Waals surface area contributed by atoms with Gasteiger partial charge in [-0.15, -0.1) is 0 Å². The molecule has 0 aliphatic carbocycles. The first-order valence-electron chi connectivity index (χ1n) is 10.3. The molecular formula is C20H31N5O3S. The van der Waals surface area contributed by atoms with Crippen LogP contribution in [0.1, 0.15) is 25.3 Å². The summed E-state index contributed by atoms with van der Waals surface area (Å²) < 4.78 is 23.0. The van der Waals surface area contributed by atoms with Crippen molar-refractivity contribution >= 4 is 27.4 Å². The van der Waals surface area contributed by atoms with Crippen molar-refractivity contribution in [1.82, 2.24) is 15.5 Å². The Bertz CT molecular complexity index is 809. The van der Waals surface area contributed by atoms with Gasteiger partial charge in [0.1, 0.15) is 0 Å². The third-order valence-corrected chi connectivity index (χ3v) is 6.85. The van der Waals surface area contributed by atoms with Gasteiger partial charge in [-0.25, -0.2) is 13.4 Å². The number of hydrogen-bond acceptors (Lipinski definition) is 5. The van der Waals surface area contributed by atoms with E-state index in [0.717, 1.165) is 43.3 Å². The normalized spacial score (nSPS) is 20.1. The standard InChI is InChI=1S/C20H31N5O3S/c1-2-21-20(22-9-11-24-12-14-29(27,28)15-13-24)23-16-17-5-7-18(8-6-17)25-10-3-4-19(25)26/h5-8H,2-4,9-16H2,1H3,(H2,21,22,23). The molecule has 0 spiro atoms. The lowest BCUT2D eigenvalue weighted by Gasteiger charge is -2.26. The molecule has 9 heteroatoms. The molecule has 0 aromatic heterocycles. The van der Waals surface area contributed by atoms with Gasteiger partial charge in [-0.05, 0) is 31.0 Å². The Hall–Kier alpha value is -2.13. The average Bonchev–Trinajstić information content (AvgIpc) is 3.13. The van der Waals surface area contributed by atoms with Crippen molar-refractivity contribution in [3.8, 4) is 0 Å². The van der Waals surface area contributed by atoms with Gasteiger partial charge < -0.3 is 15.5 Å². The van der Waals surface area contributed by atoms with E-state index in [1.54, 1.807) is 0 Å². The van der Waals surface area contributed by atoms with E-state index in [2.05, 4.69) is 20.5 Å². The molecule has 0 unspecified atom stereocenters. The first kappa shape index (κ1) is 21.6. The quantitative estimate of drug-likeness (QED) is 0.495. The molecule has 8 nitrogen and oxygen atoms in total. The number of sulfone groups is 1. The molecule has 0 bridgehead atoms. The van der Waals surface area contributed by atoms with Gasteiger partial charge in [0.2, 0.25) is 5.91 Å². The number of anilines is 1. The number of hydrogen-bond donors (Lipinski definition) is 2. The van der Waals surface area contributed by atoms with Gasteiger partial charge >= 0.3 is 0 Å². The van der Waals surface area contributed by atoms with Gasteiger partial charge in [-0.3, -0.25) is 9.69 Å². The van der Waals surface area contributed by atoms with Gasteiger partial charge in [0, 0.05) is 51.4 Å². The zero-order chi connectivity index (χ0) is 20.7. The minimum Gasteiger partial charge on any atom is -0.357 e. The Kier molecular flexibility index (Phi) is 7.49. The lowest BCUT2D eigenvalue weighted by Crippen LogP contribution is -2.45. The second-order valence-electron chi connectivity index (χ2n) is 7.43. The maximum atomic E-state index is 11.8. The van der Waals surface area contributed by atoms with Crippen LogP contribution < -0.4 is 15.5 Å². The number of benzene rings is 1. The van der Waals surface area contributed by atoms with Crippen LogP contribution in [0.3, 0.4) is 0 Å². The van der Waals surface area contributed by atoms with Crippen LogP contribution in [0, 0.1) is 0 Å². The highest BCUT2D eigenvalue weighted by Gasteiger charge is 2.22. The van der Waals surface area contributed by atoms with Crippen LogP contribution >= 0.6 is 0 Å². The molecule has 1 amide bonds. The molecular weight excluding hydrogens is 390 g/mol. The van der Waals surface area contributed by atoms with Crippen LogP contribution in [-0.4, -0.2) is 76.0 Å². The largest absolute Gasteiger partial charge is 0.357 e. The fourth-order valence-electron chi connectivity index (χ4n) is 3.52. The third kappa shape index (κ3) is 6.43. The summed E-state index contributed by atoms with van der Waals surface area (Å²) in [7, 11) is -2.84. The number of rotatable bonds is 7. The maximum Gasteiger partial charge on any atom is 0.227 e. The molecule has 1 aromatic rings. The lowest BCUT2D eigenvalue weighted by molar-refractivity contribution is -0.117. The van der Waals surface area contributed by atoms with Crippen molar-refractivity contribution in [1.29, 1.82) is 0 Å². The summed E-state index contributed by atoms with van der Waals surface area (Å²) in [6.07, 6.45) is 1.56. The molecule has 2 N–H and O–H groups in total. The predicted molar refractivity (Wildman–Crippen MR) is 116 cm³/mol. The summed E-state index contributed by atoms with van der Waals surface area (Å²) in [6.45, 7) is 6.84. The number of aliphatic imine (C=N–C) groups is 1. The van der Waals surface area contributed by atoms with Crippen molar-refractivity contribution in [2.75, 3.05) is 55.7 Å². The Labute approximate surface area is 173 Å². The molecule has 0 saturated carbocycles. The smallest absolute Gasteiger partial charge is 0.227 e. The lowest BCUT2D eigenvalue weighted by atomic mass is 10.2. The second-order valence-corrected chi connectivity index (χ2v) is 9.73. The summed E-state index contributed by atoms with van der Waals surface area (Å²) in [6, 6.07) is 8.00. The zero-order valence-electron chi connectivity index (χ0n) is 17.1. The van der Waals surface area contributed by atoms with E-state index in [-0.39, 0.29) is 17.4 Å². The molecule has 29 heavy (non-hydrogen) atoms. The Balaban J connectivity index is 1.48. The zero-order valence-corrected chi connectivity index (χ0v) is 17.9. The van der Waals surface area contributed by atoms with Gasteiger partial charge in [0.25, 0.3) is 0 Å². The van der Waals surface area contributed by atoms with Crippen molar-refractivity contribution in [2.45, 2.75) is 26.3 Å². The van der Waals surface area contributed by atoms with E-state index >= 15 is 0 Å². The van der Waals surface area contributed by atoms with Crippen LogP contribution in [0.25, 0.3) is 0 Å². The molecule has 160 valence electrons. The fourth-order valence-corrected chi connectivity index (χ4v) is 4.80. The Morgan fingerprint density at radius 1 is 1.10 bits per heavy atom. The van der Waals surface area contributed by atoms with E-state index in [1.807, 2.05) is 36.1 Å². The van der Waals surface area contributed by atoms with Crippen LogP contribution in [0.15, 0.2) is 29.3 Å². The Morgan fingerprint density at radius 2 is 1.83 bits per heavy atom. The maximum absolute atomic E-state index is 11.8. The van der Waals surface area contributed by atoms with Crippen molar-refractivity contribution < 1.29 is 13.2 Å². The average molecular weight is 422 g/mol. The first-order chi connectivity index (χ1) is 14.0. The van der Waals surface area contributed by atoms with E-state index in [4.69, 9.17) is 0 Å². The number of amides is 1. The first-order valence-corrected chi connectivity index (χ1v) is 12.1. The number of carbonyl (C=O) groups is 1. The van der Waals surface area contributed by atoms with E-state index in [9.17, 15) is 13.2 Å². The number of nitrogens with one attached hydrogen (secondary N) is 2. The molecule has 2 saturated heterocycles. The van der Waals surface area contributed by atoms with Gasteiger partial charge in [-0.2, -0.15) is 0 Å². The molecule has 1 aromatic carbocycles. The van der Waals surface area contributed by atoms with Crippen molar-refractivity contribution in [3.05, 3.63) is 29.8 Å². The van der Waals surface area contributed by atoms with Crippen LogP contribution in [-0.2, 0) is 21.2 Å². The monoisotopic (exact) mass is 421 g/mol. The summed E-state index contributed by atoms with van der Waals surface area (Å²) in [5.74, 6) is 1.44. The van der Waals surface area contributed by atoms with E-state index < -0.39 is 9.84 Å². The summed E-state index contributed by atoms with van der Waals surface area (Å²) >= 11 is 0. The molecule has 3 rings (SSSR count). The number of guanidine groups is 1. The SMILES string of the molecule is CCNC(=NCc1ccc(N2CCCC2=O)cc1)NCCN1CCS(=O)(=O)CC1. The van der Waals surface area contributed by atoms with E-state index in [1.165, 1.54) is 0 Å². The number of nitrogens with zero attached hydrogens (tertiary/aromatic N) is 3. The van der Waals surface area contributed by atoms with Gasteiger partial charge in [-0.1, -0.05) is 12.1 Å². The van der Waals surface area contributed by atoms with Crippen molar-refractivity contribution in [2.24, 2.45) is 4.99 Å². The third-order valence-electron chi connectivity index (χ3n) is 5.24. The molecule has 2 aliphatic rings. The van der Waals surface area contributed by atoms with Crippen LogP contribution in [0.4, 0.5) is 5.69 Å². The summed E-state index contributed by atoms with van der Waals surface area (Å²) in [4.78, 5) is 20.5. The van der Waals surface area contributed by atoms with Gasteiger partial charge in [0.15, 0.2) is 15.8 Å².